The molecule has 1 atom stereocenters. The van der Waals surface area contributed by atoms with Crippen LogP contribution in [-0.2, 0) is 19.2 Å². The number of nitrogens with zero attached hydrogens (tertiary/aromatic N) is 5. The van der Waals surface area contributed by atoms with Gasteiger partial charge in [0.1, 0.15) is 17.2 Å². The summed E-state index contributed by atoms with van der Waals surface area (Å²) in [5.74, 6) is -4.83. The summed E-state index contributed by atoms with van der Waals surface area (Å²) in [4.78, 5) is 75.9. The van der Waals surface area contributed by atoms with Crippen LogP contribution < -0.4 is 35.2 Å². The summed E-state index contributed by atoms with van der Waals surface area (Å²) in [7, 11) is 2.76. The normalized spacial score (nSPS) is 20.0. The molecule has 58 heavy (non-hydrogen) atoms. The molecule has 15 nitrogen and oxygen atoms in total. The second-order valence-electron chi connectivity index (χ2n) is 15.2. The summed E-state index contributed by atoms with van der Waals surface area (Å²) in [6.07, 6.45) is 7.39. The number of fused-ring (bicyclic) bond motifs is 1. The SMILES string of the molecule is COc1cc(C(=O)NC2CCN(C(=O)CCCOc3cccc(C4CCC(=O)NC4=O)c3)CC2)ccc1Nc1ncc2c(n1)N(C1CCCC1)CC(F)(F)C(=O)N2C. The monoisotopic (exact) mass is 802 g/mol. The Morgan fingerprint density at radius 1 is 1.02 bits per heavy atom. The number of methoxy groups -OCH3 is 1. The van der Waals surface area contributed by atoms with Gasteiger partial charge in [-0.05, 0) is 74.4 Å². The number of likely N-dealkylation sites (tertiary alicyclic amines) is 1. The maximum atomic E-state index is 15.0. The van der Waals surface area contributed by atoms with Crippen LogP contribution in [0.4, 0.5) is 31.9 Å². The van der Waals surface area contributed by atoms with Gasteiger partial charge in [-0.2, -0.15) is 13.8 Å². The molecule has 1 saturated carbocycles. The van der Waals surface area contributed by atoms with Crippen molar-refractivity contribution in [3.05, 3.63) is 59.8 Å². The Kier molecular flexibility index (Phi) is 12.0. The van der Waals surface area contributed by atoms with Crippen LogP contribution in [0, 0.1) is 0 Å². The molecule has 2 saturated heterocycles. The van der Waals surface area contributed by atoms with Gasteiger partial charge in [0.2, 0.25) is 23.7 Å². The van der Waals surface area contributed by atoms with Gasteiger partial charge in [0.05, 0.1) is 38.1 Å². The molecule has 4 aliphatic rings. The van der Waals surface area contributed by atoms with Crippen molar-refractivity contribution in [3.8, 4) is 11.5 Å². The minimum Gasteiger partial charge on any atom is -0.495 e. The number of alkyl halides is 2. The van der Waals surface area contributed by atoms with E-state index in [2.05, 4.69) is 25.9 Å². The van der Waals surface area contributed by atoms with Crippen molar-refractivity contribution < 1.29 is 42.2 Å². The van der Waals surface area contributed by atoms with Gasteiger partial charge in [-0.15, -0.1) is 0 Å². The number of hydrogen-bond acceptors (Lipinski definition) is 11. The first-order valence-electron chi connectivity index (χ1n) is 19.8. The molecule has 0 spiro atoms. The quantitative estimate of drug-likeness (QED) is 0.171. The zero-order chi connectivity index (χ0) is 41.0. The van der Waals surface area contributed by atoms with Crippen LogP contribution in [0.1, 0.15) is 86.0 Å². The van der Waals surface area contributed by atoms with Crippen molar-refractivity contribution in [1.82, 2.24) is 25.5 Å². The number of anilines is 4. The first-order chi connectivity index (χ1) is 27.9. The zero-order valence-electron chi connectivity index (χ0n) is 32.6. The molecule has 1 unspecified atom stereocenters. The van der Waals surface area contributed by atoms with Crippen molar-refractivity contribution >= 4 is 52.7 Å². The Morgan fingerprint density at radius 2 is 1.79 bits per heavy atom. The molecule has 3 N–H and O–H groups in total. The number of halogens is 2. The Balaban J connectivity index is 0.893. The molecule has 1 aliphatic carbocycles. The second-order valence-corrected chi connectivity index (χ2v) is 15.2. The van der Waals surface area contributed by atoms with Crippen LogP contribution in [0.3, 0.4) is 0 Å². The highest BCUT2D eigenvalue weighted by Gasteiger charge is 2.49. The van der Waals surface area contributed by atoms with Crippen LogP contribution in [0.2, 0.25) is 0 Å². The van der Waals surface area contributed by atoms with E-state index in [0.717, 1.165) is 36.1 Å². The maximum absolute atomic E-state index is 15.0. The van der Waals surface area contributed by atoms with Crippen molar-refractivity contribution in [2.75, 3.05) is 55.5 Å². The molecule has 308 valence electrons. The number of aromatic nitrogens is 2. The summed E-state index contributed by atoms with van der Waals surface area (Å²) >= 11 is 0. The van der Waals surface area contributed by atoms with E-state index in [1.165, 1.54) is 25.3 Å². The summed E-state index contributed by atoms with van der Waals surface area (Å²) in [5, 5.41) is 8.54. The van der Waals surface area contributed by atoms with E-state index in [1.807, 2.05) is 12.1 Å². The minimum atomic E-state index is -3.59. The van der Waals surface area contributed by atoms with Gasteiger partial charge in [0, 0.05) is 50.6 Å². The molecule has 5 amide bonds. The van der Waals surface area contributed by atoms with Gasteiger partial charge in [0.25, 0.3) is 11.8 Å². The number of imide groups is 1. The number of rotatable bonds is 12. The fraction of sp³-hybridized carbons (Fsp3) is 0.488. The fourth-order valence-corrected chi connectivity index (χ4v) is 8.11. The lowest BCUT2D eigenvalue weighted by Crippen LogP contribution is -2.48. The number of nitrogens with one attached hydrogen (secondary N) is 3. The highest BCUT2D eigenvalue weighted by Crippen LogP contribution is 2.40. The molecular formula is C41H48F2N8O7. The fourth-order valence-electron chi connectivity index (χ4n) is 8.11. The number of ether oxygens (including phenoxy) is 2. The number of carbonyl (C=O) groups excluding carboxylic acids is 5. The standard InChI is InChI=1S/C41H48F2N8O7/c1-49-32-23-44-40(48-36(32)51(28-8-3-4-9-28)24-41(42,43)39(49)56)46-31-14-12-26(22-33(31)57-2)37(54)45-27-16-18-50(19-17-27)35(53)11-6-20-58-29-10-5-7-25(21-29)30-13-15-34(52)47-38(30)55/h5,7,10,12,14,21-23,27-28,30H,3-4,6,8-9,11,13,15-20,24H2,1-2H3,(H,45,54)(H,44,46,48)(H,47,52,55). The average Bonchev–Trinajstić information content (AvgIpc) is 3.74. The number of benzene rings is 2. The molecule has 4 heterocycles. The maximum Gasteiger partial charge on any atom is 0.342 e. The molecule has 3 fully saturated rings. The molecule has 1 aromatic heterocycles. The smallest absolute Gasteiger partial charge is 0.342 e. The van der Waals surface area contributed by atoms with Crippen LogP contribution in [0.25, 0.3) is 0 Å². The topological polar surface area (TPSA) is 175 Å². The van der Waals surface area contributed by atoms with Crippen LogP contribution in [0.15, 0.2) is 48.7 Å². The zero-order valence-corrected chi connectivity index (χ0v) is 32.6. The number of piperidine rings is 2. The molecule has 3 aliphatic heterocycles. The van der Waals surface area contributed by atoms with Gasteiger partial charge in [-0.1, -0.05) is 25.0 Å². The van der Waals surface area contributed by atoms with Crippen LogP contribution >= 0.6 is 0 Å². The van der Waals surface area contributed by atoms with Crippen molar-refractivity contribution in [2.24, 2.45) is 0 Å². The first kappa shape index (κ1) is 40.3. The first-order valence-corrected chi connectivity index (χ1v) is 19.8. The largest absolute Gasteiger partial charge is 0.495 e. The van der Waals surface area contributed by atoms with Gasteiger partial charge >= 0.3 is 5.92 Å². The second kappa shape index (κ2) is 17.3. The van der Waals surface area contributed by atoms with E-state index in [-0.39, 0.29) is 53.2 Å². The molecule has 17 heteroatoms. The Morgan fingerprint density at radius 3 is 2.53 bits per heavy atom. The lowest BCUT2D eigenvalue weighted by Gasteiger charge is -2.32. The van der Waals surface area contributed by atoms with E-state index in [1.54, 1.807) is 35.2 Å². The summed E-state index contributed by atoms with van der Waals surface area (Å²) in [6, 6.07) is 11.8. The van der Waals surface area contributed by atoms with Gasteiger partial charge < -0.3 is 34.8 Å². The van der Waals surface area contributed by atoms with Crippen molar-refractivity contribution in [3.63, 3.8) is 0 Å². The summed E-state index contributed by atoms with van der Waals surface area (Å²) in [5.41, 5.74) is 1.80. The third-order valence-electron chi connectivity index (χ3n) is 11.3. The molecule has 0 bridgehead atoms. The molecule has 0 radical (unpaired) electrons. The number of carbonyl (C=O) groups is 5. The molecule has 7 rings (SSSR count). The number of amides is 5. The van der Waals surface area contributed by atoms with E-state index in [9.17, 15) is 24.0 Å². The lowest BCUT2D eigenvalue weighted by molar-refractivity contribution is -0.140. The highest BCUT2D eigenvalue weighted by molar-refractivity contribution is 6.02. The van der Waals surface area contributed by atoms with Gasteiger partial charge in [-0.3, -0.25) is 29.3 Å². The lowest BCUT2D eigenvalue weighted by atomic mass is 9.90. The number of hydrogen-bond donors (Lipinski definition) is 3. The van der Waals surface area contributed by atoms with Crippen molar-refractivity contribution in [1.29, 1.82) is 0 Å². The Hall–Kier alpha value is -5.87. The van der Waals surface area contributed by atoms with E-state index < -0.39 is 24.3 Å². The summed E-state index contributed by atoms with van der Waals surface area (Å²) in [6.45, 7) is 0.572. The average molecular weight is 803 g/mol. The van der Waals surface area contributed by atoms with E-state index in [4.69, 9.17) is 9.47 Å². The minimum absolute atomic E-state index is 0.0154. The van der Waals surface area contributed by atoms with Crippen LogP contribution in [0.5, 0.6) is 11.5 Å². The van der Waals surface area contributed by atoms with Crippen LogP contribution in [-0.4, -0.2) is 103 Å². The predicted molar refractivity (Wildman–Crippen MR) is 210 cm³/mol. The molecular weight excluding hydrogens is 754 g/mol. The Labute approximate surface area is 334 Å². The Bertz CT molecular complexity index is 2050. The van der Waals surface area contributed by atoms with E-state index in [0.29, 0.717) is 81.0 Å². The summed E-state index contributed by atoms with van der Waals surface area (Å²) < 4.78 is 41.5. The third kappa shape index (κ3) is 8.97. The highest BCUT2D eigenvalue weighted by atomic mass is 19.3. The third-order valence-corrected chi connectivity index (χ3v) is 11.3. The van der Waals surface area contributed by atoms with Gasteiger partial charge in [-0.25, -0.2) is 4.98 Å². The van der Waals surface area contributed by atoms with Crippen molar-refractivity contribution in [2.45, 2.75) is 88.1 Å². The van der Waals surface area contributed by atoms with Gasteiger partial charge in [0.15, 0.2) is 5.82 Å². The molecule has 3 aromatic rings. The predicted octanol–water partition coefficient (Wildman–Crippen LogP) is 4.69. The molecule has 2 aromatic carbocycles. The van der Waals surface area contributed by atoms with E-state index >= 15 is 8.78 Å².